The van der Waals surface area contributed by atoms with Gasteiger partial charge in [-0.05, 0) is 31.9 Å². The number of carbonyl (C=O) groups excluding carboxylic acids is 1. The van der Waals surface area contributed by atoms with Crippen LogP contribution in [0.5, 0.6) is 11.5 Å². The van der Waals surface area contributed by atoms with Crippen LogP contribution < -0.4 is 9.47 Å². The van der Waals surface area contributed by atoms with Crippen molar-refractivity contribution in [2.24, 2.45) is 0 Å². The van der Waals surface area contributed by atoms with E-state index in [0.717, 1.165) is 35.5 Å². The summed E-state index contributed by atoms with van der Waals surface area (Å²) in [5.41, 5.74) is 1.65. The fourth-order valence-electron chi connectivity index (χ4n) is 3.61. The number of ether oxygens (including phenoxy) is 2. The molecule has 0 radical (unpaired) electrons. The summed E-state index contributed by atoms with van der Waals surface area (Å²) >= 11 is 0. The zero-order valence-corrected chi connectivity index (χ0v) is 14.7. The van der Waals surface area contributed by atoms with Gasteiger partial charge in [0.05, 0.1) is 12.2 Å². The lowest BCUT2D eigenvalue weighted by Gasteiger charge is -2.29. The van der Waals surface area contributed by atoms with E-state index in [1.165, 1.54) is 25.7 Å². The maximum Gasteiger partial charge on any atom is 0.253 e. The van der Waals surface area contributed by atoms with Crippen molar-refractivity contribution in [1.29, 1.82) is 0 Å². The van der Waals surface area contributed by atoms with Crippen LogP contribution in [0.3, 0.4) is 0 Å². The molecular formula is C20H27NO3. The predicted octanol–water partition coefficient (Wildman–Crippen LogP) is 4.04. The minimum atomic E-state index is 0.0920. The molecule has 0 aromatic heterocycles. The molecule has 1 aliphatic heterocycles. The molecule has 1 saturated carbocycles. The van der Waals surface area contributed by atoms with E-state index in [0.29, 0.717) is 19.3 Å². The van der Waals surface area contributed by atoms with Crippen LogP contribution >= 0.6 is 0 Å². The third-order valence-electron chi connectivity index (χ3n) is 4.98. The van der Waals surface area contributed by atoms with E-state index in [2.05, 4.69) is 0 Å². The Bertz CT molecular complexity index is 615. The molecule has 0 spiro atoms. The summed E-state index contributed by atoms with van der Waals surface area (Å²) in [6.45, 7) is 2.86. The highest BCUT2D eigenvalue weighted by Gasteiger charge is 2.26. The highest BCUT2D eigenvalue weighted by molar-refractivity contribution is 5.99. The standard InChI is InChI=1S/C20H27NO3/c1-3-23-18-12-8-9-15-13-16(14-24-19(15)18)20(22)21(2)17-10-6-4-5-7-11-17/h8-9,12-13,17H,3-7,10-11,14H2,1-2H3. The lowest BCUT2D eigenvalue weighted by atomic mass is 10.0. The summed E-state index contributed by atoms with van der Waals surface area (Å²) in [4.78, 5) is 14.8. The molecule has 0 saturated heterocycles. The van der Waals surface area contributed by atoms with Crippen LogP contribution in [-0.4, -0.2) is 37.1 Å². The first kappa shape index (κ1) is 16.9. The summed E-state index contributed by atoms with van der Waals surface area (Å²) in [6.07, 6.45) is 9.20. The third kappa shape index (κ3) is 3.58. The topological polar surface area (TPSA) is 38.8 Å². The average molecular weight is 329 g/mol. The molecule has 0 bridgehead atoms. The first-order valence-corrected chi connectivity index (χ1v) is 9.07. The SMILES string of the molecule is CCOc1cccc2c1OCC(C(=O)N(C)C1CCCCCC1)=C2. The first-order valence-electron chi connectivity index (χ1n) is 9.07. The lowest BCUT2D eigenvalue weighted by molar-refractivity contribution is -0.128. The number of amides is 1. The Labute approximate surface area is 144 Å². The number of benzene rings is 1. The van der Waals surface area contributed by atoms with Crippen molar-refractivity contribution in [2.45, 2.75) is 51.5 Å². The van der Waals surface area contributed by atoms with E-state index in [9.17, 15) is 4.79 Å². The van der Waals surface area contributed by atoms with Crippen LogP contribution in [0.25, 0.3) is 6.08 Å². The Kier molecular flexibility index (Phi) is 5.44. The molecule has 3 rings (SSSR count). The van der Waals surface area contributed by atoms with Gasteiger partial charge in [0, 0.05) is 18.7 Å². The first-order chi connectivity index (χ1) is 11.7. The number of nitrogens with zero attached hydrogens (tertiary/aromatic N) is 1. The van der Waals surface area contributed by atoms with E-state index >= 15 is 0 Å². The highest BCUT2D eigenvalue weighted by atomic mass is 16.5. The van der Waals surface area contributed by atoms with Crippen LogP contribution in [0.4, 0.5) is 0 Å². The number of rotatable bonds is 4. The van der Waals surface area contributed by atoms with Gasteiger partial charge in [0.1, 0.15) is 6.61 Å². The van der Waals surface area contributed by atoms with Crippen LogP contribution in [-0.2, 0) is 4.79 Å². The highest BCUT2D eigenvalue weighted by Crippen LogP contribution is 2.36. The van der Waals surface area contributed by atoms with Gasteiger partial charge in [-0.3, -0.25) is 4.79 Å². The summed E-state index contributed by atoms with van der Waals surface area (Å²) < 4.78 is 11.5. The molecule has 2 aliphatic rings. The van der Waals surface area contributed by atoms with Crippen LogP contribution in [0, 0.1) is 0 Å². The molecule has 130 valence electrons. The molecule has 4 nitrogen and oxygen atoms in total. The molecule has 1 fully saturated rings. The fourth-order valence-corrected chi connectivity index (χ4v) is 3.61. The number of likely N-dealkylation sites (N-methyl/N-ethyl adjacent to an activating group) is 1. The quantitative estimate of drug-likeness (QED) is 0.783. The monoisotopic (exact) mass is 329 g/mol. The van der Waals surface area contributed by atoms with Gasteiger partial charge in [0.15, 0.2) is 11.5 Å². The Hall–Kier alpha value is -1.97. The van der Waals surface area contributed by atoms with Crippen molar-refractivity contribution in [3.63, 3.8) is 0 Å². The molecule has 1 aromatic carbocycles. The van der Waals surface area contributed by atoms with Crippen molar-refractivity contribution in [2.75, 3.05) is 20.3 Å². The molecule has 0 atom stereocenters. The predicted molar refractivity (Wildman–Crippen MR) is 95.3 cm³/mol. The van der Waals surface area contributed by atoms with E-state index in [1.807, 2.05) is 43.1 Å². The normalized spacial score (nSPS) is 18.0. The molecule has 1 aliphatic carbocycles. The number of hydrogen-bond acceptors (Lipinski definition) is 3. The van der Waals surface area contributed by atoms with E-state index in [1.54, 1.807) is 0 Å². The fraction of sp³-hybridized carbons (Fsp3) is 0.550. The Morgan fingerprint density at radius 1 is 1.25 bits per heavy atom. The Morgan fingerprint density at radius 3 is 2.71 bits per heavy atom. The molecular weight excluding hydrogens is 302 g/mol. The summed E-state index contributed by atoms with van der Waals surface area (Å²) in [7, 11) is 1.94. The second-order valence-corrected chi connectivity index (χ2v) is 6.63. The lowest BCUT2D eigenvalue weighted by Crippen LogP contribution is -2.39. The molecule has 0 N–H and O–H groups in total. The number of fused-ring (bicyclic) bond motifs is 1. The van der Waals surface area contributed by atoms with Crippen molar-refractivity contribution in [3.8, 4) is 11.5 Å². The maximum absolute atomic E-state index is 12.9. The summed E-state index contributed by atoms with van der Waals surface area (Å²) in [5.74, 6) is 1.58. The van der Waals surface area contributed by atoms with Gasteiger partial charge < -0.3 is 14.4 Å². The van der Waals surface area contributed by atoms with E-state index in [4.69, 9.17) is 9.47 Å². The van der Waals surface area contributed by atoms with Gasteiger partial charge in [0.25, 0.3) is 5.91 Å². The van der Waals surface area contributed by atoms with Crippen LogP contribution in [0.1, 0.15) is 51.0 Å². The minimum Gasteiger partial charge on any atom is -0.490 e. The Balaban J connectivity index is 1.77. The largest absolute Gasteiger partial charge is 0.490 e. The minimum absolute atomic E-state index is 0.0920. The number of carbonyl (C=O) groups is 1. The van der Waals surface area contributed by atoms with Gasteiger partial charge in [-0.2, -0.15) is 0 Å². The molecule has 24 heavy (non-hydrogen) atoms. The van der Waals surface area contributed by atoms with E-state index in [-0.39, 0.29) is 5.91 Å². The van der Waals surface area contributed by atoms with Crippen molar-refractivity contribution < 1.29 is 14.3 Å². The number of hydrogen-bond donors (Lipinski definition) is 0. The van der Waals surface area contributed by atoms with Crippen molar-refractivity contribution in [3.05, 3.63) is 29.3 Å². The molecule has 1 heterocycles. The van der Waals surface area contributed by atoms with Crippen LogP contribution in [0.2, 0.25) is 0 Å². The zero-order chi connectivity index (χ0) is 16.9. The van der Waals surface area contributed by atoms with Gasteiger partial charge in [-0.15, -0.1) is 0 Å². The van der Waals surface area contributed by atoms with Gasteiger partial charge in [-0.1, -0.05) is 37.8 Å². The number of para-hydroxylation sites is 1. The summed E-state index contributed by atoms with van der Waals surface area (Å²) in [6, 6.07) is 6.17. The third-order valence-corrected chi connectivity index (χ3v) is 4.98. The second-order valence-electron chi connectivity index (χ2n) is 6.63. The molecule has 4 heteroatoms. The van der Waals surface area contributed by atoms with Gasteiger partial charge in [0.2, 0.25) is 0 Å². The second kappa shape index (κ2) is 7.73. The van der Waals surface area contributed by atoms with Gasteiger partial charge in [-0.25, -0.2) is 0 Å². The zero-order valence-electron chi connectivity index (χ0n) is 14.7. The van der Waals surface area contributed by atoms with Crippen molar-refractivity contribution >= 4 is 12.0 Å². The smallest absolute Gasteiger partial charge is 0.253 e. The average Bonchev–Trinajstić information content (AvgIpc) is 2.90. The van der Waals surface area contributed by atoms with E-state index < -0.39 is 0 Å². The molecule has 1 aromatic rings. The van der Waals surface area contributed by atoms with Crippen molar-refractivity contribution in [1.82, 2.24) is 4.90 Å². The Morgan fingerprint density at radius 2 is 2.00 bits per heavy atom. The molecule has 1 amide bonds. The maximum atomic E-state index is 12.9. The molecule has 0 unspecified atom stereocenters. The van der Waals surface area contributed by atoms with Crippen LogP contribution in [0.15, 0.2) is 23.8 Å². The summed E-state index contributed by atoms with van der Waals surface area (Å²) in [5, 5.41) is 0. The van der Waals surface area contributed by atoms with Gasteiger partial charge >= 0.3 is 0 Å².